The molecular formula is C14H20N2O2. The minimum absolute atomic E-state index is 0.0509. The summed E-state index contributed by atoms with van der Waals surface area (Å²) >= 11 is 0. The molecule has 1 aliphatic rings. The summed E-state index contributed by atoms with van der Waals surface area (Å²) < 4.78 is 5.07. The molecule has 1 amide bonds. The Hall–Kier alpha value is -1.55. The number of carbonyl (C=O) groups is 1. The van der Waals surface area contributed by atoms with E-state index in [4.69, 9.17) is 10.5 Å². The minimum atomic E-state index is -0.197. The number of ether oxygens (including phenoxy) is 1. The highest BCUT2D eigenvalue weighted by Crippen LogP contribution is 2.29. The second-order valence-corrected chi connectivity index (χ2v) is 4.87. The highest BCUT2D eigenvalue weighted by atomic mass is 16.5. The largest absolute Gasteiger partial charge is 0.497 e. The Labute approximate surface area is 108 Å². The third-order valence-corrected chi connectivity index (χ3v) is 3.68. The highest BCUT2D eigenvalue weighted by Gasteiger charge is 2.33. The summed E-state index contributed by atoms with van der Waals surface area (Å²) in [4.78, 5) is 12.2. The van der Waals surface area contributed by atoms with E-state index in [1.54, 1.807) is 31.4 Å². The molecule has 4 nitrogen and oxygen atoms in total. The van der Waals surface area contributed by atoms with Gasteiger partial charge < -0.3 is 15.8 Å². The first-order valence-corrected chi connectivity index (χ1v) is 6.36. The zero-order chi connectivity index (χ0) is 13.0. The van der Waals surface area contributed by atoms with E-state index < -0.39 is 0 Å². The van der Waals surface area contributed by atoms with Gasteiger partial charge in [0.2, 0.25) is 0 Å². The van der Waals surface area contributed by atoms with E-state index in [1.165, 1.54) is 0 Å². The van der Waals surface area contributed by atoms with Crippen LogP contribution in [0.25, 0.3) is 0 Å². The SMILES string of the molecule is COc1ccc(C(=O)NC2(CN)CCCC2)cc1. The predicted molar refractivity (Wildman–Crippen MR) is 70.7 cm³/mol. The van der Waals surface area contributed by atoms with Crippen LogP contribution in [-0.4, -0.2) is 25.1 Å². The molecule has 1 aliphatic carbocycles. The maximum atomic E-state index is 12.2. The normalized spacial score (nSPS) is 17.4. The molecule has 0 aromatic heterocycles. The third-order valence-electron chi connectivity index (χ3n) is 3.68. The summed E-state index contributed by atoms with van der Waals surface area (Å²) in [5, 5.41) is 3.09. The van der Waals surface area contributed by atoms with Gasteiger partial charge in [0.15, 0.2) is 0 Å². The standard InChI is InChI=1S/C14H20N2O2/c1-18-12-6-4-11(5-7-12)13(17)16-14(10-15)8-2-3-9-14/h4-7H,2-3,8-10,15H2,1H3,(H,16,17). The van der Waals surface area contributed by atoms with Crippen LogP contribution in [0.2, 0.25) is 0 Å². The summed E-state index contributed by atoms with van der Waals surface area (Å²) in [6, 6.07) is 7.12. The van der Waals surface area contributed by atoms with Crippen molar-refractivity contribution >= 4 is 5.91 Å². The van der Waals surface area contributed by atoms with E-state index in [2.05, 4.69) is 5.32 Å². The first-order valence-electron chi connectivity index (χ1n) is 6.36. The number of nitrogens with one attached hydrogen (secondary N) is 1. The topological polar surface area (TPSA) is 64.3 Å². The summed E-state index contributed by atoms with van der Waals surface area (Å²) in [5.41, 5.74) is 6.26. The van der Waals surface area contributed by atoms with Crippen LogP contribution >= 0.6 is 0 Å². The number of rotatable bonds is 4. The van der Waals surface area contributed by atoms with Crippen LogP contribution in [-0.2, 0) is 0 Å². The summed E-state index contributed by atoms with van der Waals surface area (Å²) in [6.07, 6.45) is 4.23. The van der Waals surface area contributed by atoms with Crippen molar-refractivity contribution in [2.45, 2.75) is 31.2 Å². The van der Waals surface area contributed by atoms with Crippen LogP contribution in [0.1, 0.15) is 36.0 Å². The highest BCUT2D eigenvalue weighted by molar-refractivity contribution is 5.94. The lowest BCUT2D eigenvalue weighted by atomic mass is 9.97. The molecule has 18 heavy (non-hydrogen) atoms. The number of methoxy groups -OCH3 is 1. The molecule has 3 N–H and O–H groups in total. The molecule has 1 aromatic carbocycles. The number of hydrogen-bond donors (Lipinski definition) is 2. The van der Waals surface area contributed by atoms with Gasteiger partial charge in [-0.25, -0.2) is 0 Å². The fourth-order valence-corrected chi connectivity index (χ4v) is 2.49. The second kappa shape index (κ2) is 5.40. The van der Waals surface area contributed by atoms with Gasteiger partial charge in [0.1, 0.15) is 5.75 Å². The molecule has 0 aliphatic heterocycles. The molecule has 0 radical (unpaired) electrons. The zero-order valence-electron chi connectivity index (χ0n) is 10.7. The molecule has 4 heteroatoms. The van der Waals surface area contributed by atoms with Crippen molar-refractivity contribution in [1.82, 2.24) is 5.32 Å². The van der Waals surface area contributed by atoms with Gasteiger partial charge in [-0.1, -0.05) is 12.8 Å². The van der Waals surface area contributed by atoms with Crippen LogP contribution in [0.15, 0.2) is 24.3 Å². The quantitative estimate of drug-likeness (QED) is 0.852. The Kier molecular flexibility index (Phi) is 3.87. The average Bonchev–Trinajstić information content (AvgIpc) is 2.88. The van der Waals surface area contributed by atoms with Crippen molar-refractivity contribution in [3.8, 4) is 5.75 Å². The van der Waals surface area contributed by atoms with E-state index in [0.29, 0.717) is 12.1 Å². The molecule has 98 valence electrons. The van der Waals surface area contributed by atoms with Crippen molar-refractivity contribution in [2.24, 2.45) is 5.73 Å². The van der Waals surface area contributed by atoms with Crippen molar-refractivity contribution in [2.75, 3.05) is 13.7 Å². The fourth-order valence-electron chi connectivity index (χ4n) is 2.49. The fraction of sp³-hybridized carbons (Fsp3) is 0.500. The Bertz CT molecular complexity index is 408. The number of carbonyl (C=O) groups excluding carboxylic acids is 1. The number of nitrogens with two attached hydrogens (primary N) is 1. The molecule has 0 atom stereocenters. The molecule has 0 spiro atoms. The van der Waals surface area contributed by atoms with Crippen LogP contribution in [0.4, 0.5) is 0 Å². The van der Waals surface area contributed by atoms with E-state index in [9.17, 15) is 4.79 Å². The Morgan fingerprint density at radius 2 is 1.94 bits per heavy atom. The molecule has 0 unspecified atom stereocenters. The lowest BCUT2D eigenvalue weighted by molar-refractivity contribution is 0.0903. The summed E-state index contributed by atoms with van der Waals surface area (Å²) in [6.45, 7) is 0.509. The monoisotopic (exact) mass is 248 g/mol. The number of hydrogen-bond acceptors (Lipinski definition) is 3. The third kappa shape index (κ3) is 2.64. The van der Waals surface area contributed by atoms with E-state index in [1.807, 2.05) is 0 Å². The molecule has 1 fully saturated rings. The average molecular weight is 248 g/mol. The summed E-state index contributed by atoms with van der Waals surface area (Å²) in [7, 11) is 1.61. The van der Waals surface area contributed by atoms with Gasteiger partial charge in [0.25, 0.3) is 5.91 Å². The molecule has 1 aromatic rings. The van der Waals surface area contributed by atoms with Crippen LogP contribution in [0.5, 0.6) is 5.75 Å². The lowest BCUT2D eigenvalue weighted by Crippen LogP contribution is -2.51. The van der Waals surface area contributed by atoms with Crippen molar-refractivity contribution in [3.63, 3.8) is 0 Å². The molecule has 1 saturated carbocycles. The maximum absolute atomic E-state index is 12.2. The van der Waals surface area contributed by atoms with Gasteiger partial charge in [-0.15, -0.1) is 0 Å². The van der Waals surface area contributed by atoms with Gasteiger partial charge in [-0.2, -0.15) is 0 Å². The Morgan fingerprint density at radius 1 is 1.33 bits per heavy atom. The van der Waals surface area contributed by atoms with Crippen molar-refractivity contribution < 1.29 is 9.53 Å². The lowest BCUT2D eigenvalue weighted by Gasteiger charge is -2.28. The smallest absolute Gasteiger partial charge is 0.251 e. The molecule has 0 saturated heterocycles. The maximum Gasteiger partial charge on any atom is 0.251 e. The number of benzene rings is 1. The van der Waals surface area contributed by atoms with E-state index in [0.717, 1.165) is 31.4 Å². The number of amides is 1. The van der Waals surface area contributed by atoms with Gasteiger partial charge >= 0.3 is 0 Å². The first kappa shape index (κ1) is 12.9. The van der Waals surface area contributed by atoms with Gasteiger partial charge in [0, 0.05) is 12.1 Å². The van der Waals surface area contributed by atoms with Crippen LogP contribution < -0.4 is 15.8 Å². The van der Waals surface area contributed by atoms with Crippen LogP contribution in [0.3, 0.4) is 0 Å². The van der Waals surface area contributed by atoms with E-state index >= 15 is 0 Å². The zero-order valence-corrected chi connectivity index (χ0v) is 10.7. The molecule has 0 heterocycles. The Balaban J connectivity index is 2.06. The van der Waals surface area contributed by atoms with Crippen molar-refractivity contribution in [1.29, 1.82) is 0 Å². The Morgan fingerprint density at radius 3 is 2.44 bits per heavy atom. The van der Waals surface area contributed by atoms with Gasteiger partial charge in [-0.05, 0) is 37.1 Å². The minimum Gasteiger partial charge on any atom is -0.497 e. The van der Waals surface area contributed by atoms with E-state index in [-0.39, 0.29) is 11.4 Å². The molecule has 2 rings (SSSR count). The molecular weight excluding hydrogens is 228 g/mol. The second-order valence-electron chi connectivity index (χ2n) is 4.87. The summed E-state index contributed by atoms with van der Waals surface area (Å²) in [5.74, 6) is 0.700. The first-order chi connectivity index (χ1) is 8.69. The van der Waals surface area contributed by atoms with Crippen LogP contribution in [0, 0.1) is 0 Å². The van der Waals surface area contributed by atoms with Crippen molar-refractivity contribution in [3.05, 3.63) is 29.8 Å². The molecule has 0 bridgehead atoms. The van der Waals surface area contributed by atoms with Gasteiger partial charge in [-0.3, -0.25) is 4.79 Å². The van der Waals surface area contributed by atoms with Gasteiger partial charge in [0.05, 0.1) is 12.6 Å². The predicted octanol–water partition coefficient (Wildman–Crippen LogP) is 1.70.